The van der Waals surface area contributed by atoms with Gasteiger partial charge in [-0.05, 0) is 48.1 Å². The summed E-state index contributed by atoms with van der Waals surface area (Å²) in [5, 5.41) is 10.1. The highest BCUT2D eigenvalue weighted by Gasteiger charge is 2.66. The van der Waals surface area contributed by atoms with E-state index in [-0.39, 0.29) is 34.8 Å². The molecule has 3 aliphatic rings. The van der Waals surface area contributed by atoms with Crippen LogP contribution in [0.1, 0.15) is 52.5 Å². The zero-order valence-electron chi connectivity index (χ0n) is 24.4. The van der Waals surface area contributed by atoms with E-state index >= 15 is 0 Å². The number of halogens is 3. The molecule has 5 N–H and O–H groups in total. The Kier molecular flexibility index (Phi) is 9.28. The number of anilines is 1. The van der Waals surface area contributed by atoms with Crippen LogP contribution in [-0.4, -0.2) is 54.7 Å². The molecule has 1 aromatic carbocycles. The van der Waals surface area contributed by atoms with Crippen molar-refractivity contribution in [1.82, 2.24) is 10.6 Å². The predicted octanol–water partition coefficient (Wildman–Crippen LogP) is 4.67. The highest BCUT2D eigenvalue weighted by atomic mass is 35.5. The summed E-state index contributed by atoms with van der Waals surface area (Å²) < 4.78 is 18.4. The summed E-state index contributed by atoms with van der Waals surface area (Å²) in [5.74, 6) is -1.75. The van der Waals surface area contributed by atoms with Crippen LogP contribution >= 0.6 is 23.2 Å². The summed E-state index contributed by atoms with van der Waals surface area (Å²) in [4.78, 5) is 39.9. The molecule has 2 amide bonds. The van der Waals surface area contributed by atoms with E-state index in [4.69, 9.17) is 33.7 Å². The molecule has 1 aliphatic carbocycles. The molecule has 4 rings (SSSR count). The lowest BCUT2D eigenvalue weighted by atomic mass is 9.62. The quantitative estimate of drug-likeness (QED) is 0.235. The van der Waals surface area contributed by atoms with Crippen molar-refractivity contribution < 1.29 is 23.5 Å². The SMILES string of the molecule is C=C(/C=C\C=C(\Cl)CF)[C@H]1[C@H](C(=O)N[C@H]2C[C@](C)(OC(=O)CN)C2)N[C@H](CC(C)(C)C)[C@]12C(=O)Nc1cc(Cl)ccc12. The van der Waals surface area contributed by atoms with E-state index in [0.717, 1.165) is 5.56 Å². The molecule has 228 valence electrons. The number of nitrogens with one attached hydrogen (secondary N) is 3. The maximum atomic E-state index is 14.1. The molecule has 0 aromatic heterocycles. The molecule has 1 saturated carbocycles. The summed E-state index contributed by atoms with van der Waals surface area (Å²) in [6, 6.07) is 3.78. The molecule has 2 aliphatic heterocycles. The number of benzene rings is 1. The van der Waals surface area contributed by atoms with Crippen LogP contribution < -0.4 is 21.7 Å². The van der Waals surface area contributed by atoms with Crippen LogP contribution in [0.5, 0.6) is 0 Å². The lowest BCUT2D eigenvalue weighted by Gasteiger charge is -2.44. The number of amides is 2. The summed E-state index contributed by atoms with van der Waals surface area (Å²) in [5.41, 5.74) is 5.13. The second-order valence-electron chi connectivity index (χ2n) is 12.9. The zero-order valence-corrected chi connectivity index (χ0v) is 25.9. The van der Waals surface area contributed by atoms with Gasteiger partial charge in [0.05, 0.1) is 12.6 Å². The Labute approximate surface area is 256 Å². The molecular weight excluding hydrogens is 582 g/mol. The number of hydrogen-bond acceptors (Lipinski definition) is 6. The standard InChI is InChI=1S/C31H39Cl2FN4O4/c1-17(7-6-8-19(33)15-34)25-26(27(40)36-20-12-30(5,13-20)42-24(39)16-35)38-23(14-29(2,3)4)31(25)21-10-9-18(32)11-22(21)37-28(31)41/h6-11,20,23,25-26,38H,1,12-16,35H2,2-5H3,(H,36,40)(H,37,41)/b7-6-,19-8+/t20-,23-,25+,26-,30-,31+/m1/s1. The van der Waals surface area contributed by atoms with Gasteiger partial charge in [-0.2, -0.15) is 0 Å². The largest absolute Gasteiger partial charge is 0.458 e. The topological polar surface area (TPSA) is 123 Å². The van der Waals surface area contributed by atoms with Crippen LogP contribution in [0.15, 0.2) is 53.6 Å². The van der Waals surface area contributed by atoms with E-state index in [0.29, 0.717) is 35.5 Å². The Morgan fingerprint density at radius 2 is 2.00 bits per heavy atom. The Bertz CT molecular complexity index is 1330. The molecule has 4 atom stereocenters. The van der Waals surface area contributed by atoms with Gasteiger partial charge in [0.15, 0.2) is 0 Å². The number of hydrogen-bond donors (Lipinski definition) is 4. The Morgan fingerprint density at radius 1 is 1.31 bits per heavy atom. The Balaban J connectivity index is 1.74. The Hall–Kier alpha value is -2.72. The van der Waals surface area contributed by atoms with E-state index in [1.807, 2.05) is 13.0 Å². The van der Waals surface area contributed by atoms with E-state index < -0.39 is 41.7 Å². The second-order valence-corrected chi connectivity index (χ2v) is 13.8. The van der Waals surface area contributed by atoms with Crippen molar-refractivity contribution in [2.45, 2.75) is 76.1 Å². The third-order valence-electron chi connectivity index (χ3n) is 8.25. The number of allylic oxidation sites excluding steroid dienone is 4. The van der Waals surface area contributed by atoms with Crippen molar-refractivity contribution in [2.24, 2.45) is 17.1 Å². The number of fused-ring (bicyclic) bond motifs is 2. The molecule has 1 saturated heterocycles. The van der Waals surface area contributed by atoms with Gasteiger partial charge in [-0.3, -0.25) is 14.4 Å². The highest BCUT2D eigenvalue weighted by Crippen LogP contribution is 2.55. The van der Waals surface area contributed by atoms with Gasteiger partial charge in [0.25, 0.3) is 0 Å². The first kappa shape index (κ1) is 32.2. The molecule has 2 fully saturated rings. The van der Waals surface area contributed by atoms with Gasteiger partial charge in [0.1, 0.15) is 17.7 Å². The third-order valence-corrected chi connectivity index (χ3v) is 8.71. The minimum atomic E-state index is -1.19. The smallest absolute Gasteiger partial charge is 0.320 e. The molecule has 1 spiro atoms. The van der Waals surface area contributed by atoms with Crippen LogP contribution in [0.3, 0.4) is 0 Å². The van der Waals surface area contributed by atoms with Gasteiger partial charge in [-0.25, -0.2) is 4.39 Å². The fourth-order valence-electron chi connectivity index (χ4n) is 6.67. The summed E-state index contributed by atoms with van der Waals surface area (Å²) in [6.45, 7) is 11.3. The molecular formula is C31H39Cl2FN4O4. The number of carbonyl (C=O) groups excluding carboxylic acids is 3. The first-order valence-corrected chi connectivity index (χ1v) is 14.8. The normalized spacial score (nSPS) is 30.7. The van der Waals surface area contributed by atoms with Crippen LogP contribution in [0.4, 0.5) is 10.1 Å². The van der Waals surface area contributed by atoms with E-state index in [9.17, 15) is 18.8 Å². The molecule has 0 bridgehead atoms. The van der Waals surface area contributed by atoms with E-state index in [2.05, 4.69) is 43.3 Å². The van der Waals surface area contributed by atoms with Gasteiger partial charge in [-0.15, -0.1) is 0 Å². The molecule has 1 aromatic rings. The van der Waals surface area contributed by atoms with Gasteiger partial charge in [0, 0.05) is 46.6 Å². The van der Waals surface area contributed by atoms with E-state index in [1.165, 1.54) is 6.08 Å². The molecule has 8 nitrogen and oxygen atoms in total. The van der Waals surface area contributed by atoms with Crippen molar-refractivity contribution in [3.05, 3.63) is 64.2 Å². The molecule has 0 unspecified atom stereocenters. The van der Waals surface area contributed by atoms with Gasteiger partial charge >= 0.3 is 5.97 Å². The number of ether oxygens (including phenoxy) is 1. The predicted molar refractivity (Wildman–Crippen MR) is 163 cm³/mol. The summed E-state index contributed by atoms with van der Waals surface area (Å²) >= 11 is 12.2. The first-order chi connectivity index (χ1) is 19.6. The highest BCUT2D eigenvalue weighted by molar-refractivity contribution is 6.31. The monoisotopic (exact) mass is 620 g/mol. The summed E-state index contributed by atoms with van der Waals surface area (Å²) in [6.07, 6.45) is 6.11. The van der Waals surface area contributed by atoms with Crippen LogP contribution in [-0.2, 0) is 24.5 Å². The number of esters is 1. The van der Waals surface area contributed by atoms with Crippen molar-refractivity contribution in [3.8, 4) is 0 Å². The average molecular weight is 622 g/mol. The van der Waals surface area contributed by atoms with Crippen molar-refractivity contribution in [1.29, 1.82) is 0 Å². The third kappa shape index (κ3) is 6.30. The summed E-state index contributed by atoms with van der Waals surface area (Å²) in [7, 11) is 0. The minimum absolute atomic E-state index is 0.0141. The number of carbonyl (C=O) groups is 3. The Morgan fingerprint density at radius 3 is 2.62 bits per heavy atom. The fourth-order valence-corrected chi connectivity index (χ4v) is 6.92. The van der Waals surface area contributed by atoms with Crippen LogP contribution in [0.2, 0.25) is 5.02 Å². The van der Waals surface area contributed by atoms with Crippen LogP contribution in [0, 0.1) is 11.3 Å². The molecule has 2 heterocycles. The molecule has 0 radical (unpaired) electrons. The number of nitrogens with two attached hydrogens (primary N) is 1. The zero-order chi connectivity index (χ0) is 31.0. The second kappa shape index (κ2) is 12.1. The van der Waals surface area contributed by atoms with Crippen LogP contribution in [0.25, 0.3) is 0 Å². The molecule has 11 heteroatoms. The maximum absolute atomic E-state index is 14.1. The minimum Gasteiger partial charge on any atom is -0.458 e. The van der Waals surface area contributed by atoms with Crippen molar-refractivity contribution in [2.75, 3.05) is 18.5 Å². The average Bonchev–Trinajstić information content (AvgIpc) is 3.36. The maximum Gasteiger partial charge on any atom is 0.320 e. The van der Waals surface area contributed by atoms with Crippen molar-refractivity contribution >= 4 is 46.7 Å². The van der Waals surface area contributed by atoms with Crippen molar-refractivity contribution in [3.63, 3.8) is 0 Å². The molecule has 42 heavy (non-hydrogen) atoms. The number of rotatable bonds is 9. The lowest BCUT2D eigenvalue weighted by Crippen LogP contribution is -2.59. The van der Waals surface area contributed by atoms with E-state index in [1.54, 1.807) is 24.3 Å². The lowest BCUT2D eigenvalue weighted by molar-refractivity contribution is -0.167. The fraction of sp³-hybridized carbons (Fsp3) is 0.516. The van der Waals surface area contributed by atoms with Gasteiger partial charge in [-0.1, -0.05) is 68.8 Å². The number of alkyl halides is 1. The van der Waals surface area contributed by atoms with Gasteiger partial charge in [0.2, 0.25) is 11.8 Å². The first-order valence-electron chi connectivity index (χ1n) is 14.0. The van der Waals surface area contributed by atoms with Gasteiger partial charge < -0.3 is 26.4 Å².